The molecule has 8 nitrogen and oxygen atoms in total. The van der Waals surface area contributed by atoms with Crippen LogP contribution in [0.25, 0.3) is 0 Å². The second kappa shape index (κ2) is 6.00. The molecular formula is C17H24N2O6. The zero-order valence-corrected chi connectivity index (χ0v) is 14.8. The fraction of sp³-hybridized carbons (Fsp3) is 0.765. The highest BCUT2D eigenvalue weighted by Crippen LogP contribution is 2.46. The molecule has 3 rings (SSSR count). The van der Waals surface area contributed by atoms with Crippen LogP contribution in [-0.2, 0) is 23.9 Å². The largest absolute Gasteiger partial charge is 0.463 e. The Bertz CT molecular complexity index is 631. The summed E-state index contributed by atoms with van der Waals surface area (Å²) < 4.78 is 9.76. The number of cyclic esters (lactones) is 1. The van der Waals surface area contributed by atoms with Gasteiger partial charge in [-0.2, -0.15) is 0 Å². The average molecular weight is 352 g/mol. The first-order chi connectivity index (χ1) is 11.6. The summed E-state index contributed by atoms with van der Waals surface area (Å²) in [5.41, 5.74) is -1.03. The molecule has 25 heavy (non-hydrogen) atoms. The number of esters is 2. The van der Waals surface area contributed by atoms with Crippen molar-refractivity contribution in [1.82, 2.24) is 10.2 Å². The highest BCUT2D eigenvalue weighted by Gasteiger charge is 2.56. The number of rotatable bonds is 3. The maximum Gasteiger partial charge on any atom is 0.347 e. The SMILES string of the molecule is C[C@@H]1CC(C)(C)C[C@@]2(C1)NC(=O)N(CC(=O)O[C@@H]1CCOC1=O)C2=O. The van der Waals surface area contributed by atoms with E-state index in [1.54, 1.807) is 0 Å². The van der Waals surface area contributed by atoms with Crippen molar-refractivity contribution in [2.45, 2.75) is 58.1 Å². The van der Waals surface area contributed by atoms with Gasteiger partial charge in [0.2, 0.25) is 6.10 Å². The lowest BCUT2D eigenvalue weighted by molar-refractivity contribution is -0.161. The number of ether oxygens (including phenoxy) is 2. The van der Waals surface area contributed by atoms with Gasteiger partial charge in [-0.1, -0.05) is 20.8 Å². The third kappa shape index (κ3) is 3.34. The predicted molar refractivity (Wildman–Crippen MR) is 85.2 cm³/mol. The van der Waals surface area contributed by atoms with Gasteiger partial charge in [0.15, 0.2) is 0 Å². The lowest BCUT2D eigenvalue weighted by atomic mass is 9.64. The van der Waals surface area contributed by atoms with Gasteiger partial charge in [0.05, 0.1) is 6.61 Å². The summed E-state index contributed by atoms with van der Waals surface area (Å²) in [6.45, 7) is 5.92. The van der Waals surface area contributed by atoms with Crippen LogP contribution >= 0.6 is 0 Å². The lowest BCUT2D eigenvalue weighted by Crippen LogP contribution is -2.54. The molecule has 1 N–H and O–H groups in total. The van der Waals surface area contributed by atoms with Gasteiger partial charge in [-0.15, -0.1) is 0 Å². The van der Waals surface area contributed by atoms with Gasteiger partial charge < -0.3 is 14.8 Å². The summed E-state index contributed by atoms with van der Waals surface area (Å²) in [5.74, 6) is -1.48. The van der Waals surface area contributed by atoms with Crippen molar-refractivity contribution in [1.29, 1.82) is 0 Å². The molecule has 138 valence electrons. The van der Waals surface area contributed by atoms with Crippen LogP contribution in [0.2, 0.25) is 0 Å². The van der Waals surface area contributed by atoms with Gasteiger partial charge in [0, 0.05) is 6.42 Å². The van der Waals surface area contributed by atoms with Crippen molar-refractivity contribution in [2.75, 3.05) is 13.2 Å². The molecule has 2 saturated heterocycles. The normalized spacial score (nSPS) is 34.2. The van der Waals surface area contributed by atoms with E-state index < -0.39 is 36.2 Å². The minimum atomic E-state index is -0.954. The maximum absolute atomic E-state index is 12.9. The van der Waals surface area contributed by atoms with Crippen LogP contribution in [0.5, 0.6) is 0 Å². The third-order valence-electron chi connectivity index (χ3n) is 5.07. The summed E-state index contributed by atoms with van der Waals surface area (Å²) in [6.07, 6.45) is 1.41. The Labute approximate surface area is 146 Å². The van der Waals surface area contributed by atoms with E-state index in [0.717, 1.165) is 11.3 Å². The minimum Gasteiger partial charge on any atom is -0.463 e. The van der Waals surface area contributed by atoms with Crippen LogP contribution in [0.3, 0.4) is 0 Å². The van der Waals surface area contributed by atoms with E-state index in [1.165, 1.54) is 0 Å². The van der Waals surface area contributed by atoms with Gasteiger partial charge >= 0.3 is 18.0 Å². The number of hydrogen-bond donors (Lipinski definition) is 1. The zero-order chi connectivity index (χ0) is 18.4. The van der Waals surface area contributed by atoms with Gasteiger partial charge in [0.25, 0.3) is 5.91 Å². The molecule has 2 aliphatic heterocycles. The predicted octanol–water partition coefficient (Wildman–Crippen LogP) is 0.982. The van der Waals surface area contributed by atoms with E-state index in [1.807, 2.05) is 0 Å². The highest BCUT2D eigenvalue weighted by molar-refractivity contribution is 6.08. The molecule has 1 aliphatic carbocycles. The minimum absolute atomic E-state index is 0.0786. The molecule has 3 atom stereocenters. The van der Waals surface area contributed by atoms with Crippen molar-refractivity contribution in [3.63, 3.8) is 0 Å². The van der Waals surface area contributed by atoms with Crippen molar-refractivity contribution >= 4 is 23.9 Å². The molecule has 3 amide bonds. The summed E-state index contributed by atoms with van der Waals surface area (Å²) in [6, 6.07) is -0.583. The molecule has 8 heteroatoms. The average Bonchev–Trinajstić information content (AvgIpc) is 2.94. The smallest absolute Gasteiger partial charge is 0.347 e. The monoisotopic (exact) mass is 352 g/mol. The highest BCUT2D eigenvalue weighted by atomic mass is 16.6. The van der Waals surface area contributed by atoms with E-state index in [-0.39, 0.29) is 23.8 Å². The molecule has 3 aliphatic rings. The van der Waals surface area contributed by atoms with E-state index >= 15 is 0 Å². The van der Waals surface area contributed by atoms with Gasteiger partial charge in [-0.05, 0) is 30.6 Å². The Hall–Kier alpha value is -2.12. The Morgan fingerprint density at radius 3 is 2.64 bits per heavy atom. The number of carbonyl (C=O) groups is 4. The van der Waals surface area contributed by atoms with Gasteiger partial charge in [-0.3, -0.25) is 14.5 Å². The molecule has 1 saturated carbocycles. The van der Waals surface area contributed by atoms with E-state index in [4.69, 9.17) is 9.47 Å². The molecule has 0 bridgehead atoms. The quantitative estimate of drug-likeness (QED) is 0.600. The van der Waals surface area contributed by atoms with Crippen molar-refractivity contribution in [2.24, 2.45) is 11.3 Å². The second-order valence-corrected chi connectivity index (χ2v) is 8.19. The topological polar surface area (TPSA) is 102 Å². The first-order valence-corrected chi connectivity index (χ1v) is 8.62. The number of nitrogens with zero attached hydrogens (tertiary/aromatic N) is 1. The Balaban J connectivity index is 1.69. The van der Waals surface area contributed by atoms with Crippen LogP contribution in [0.15, 0.2) is 0 Å². The number of carbonyl (C=O) groups excluding carboxylic acids is 4. The van der Waals surface area contributed by atoms with Crippen molar-refractivity contribution in [3.8, 4) is 0 Å². The number of imide groups is 1. The standard InChI is InChI=1S/C17H24N2O6/c1-10-6-16(2,3)9-17(7-10)14(22)19(15(23)18-17)8-12(20)25-11-4-5-24-13(11)21/h10-11H,4-9H2,1-3H3,(H,18,23)/t10-,11-,17-/m1/s1. The van der Waals surface area contributed by atoms with Crippen molar-refractivity contribution < 1.29 is 28.7 Å². The van der Waals surface area contributed by atoms with Crippen LogP contribution < -0.4 is 5.32 Å². The van der Waals surface area contributed by atoms with Crippen LogP contribution in [0, 0.1) is 11.3 Å². The van der Waals surface area contributed by atoms with Gasteiger partial charge in [0.1, 0.15) is 12.1 Å². The molecule has 0 radical (unpaired) electrons. The summed E-state index contributed by atoms with van der Waals surface area (Å²) in [5, 5.41) is 2.80. The molecule has 0 aromatic carbocycles. The first kappa shape index (κ1) is 17.7. The Kier molecular flexibility index (Phi) is 4.25. The fourth-order valence-corrected chi connectivity index (χ4v) is 4.56. The number of urea groups is 1. The molecule has 3 fully saturated rings. The fourth-order valence-electron chi connectivity index (χ4n) is 4.56. The van der Waals surface area contributed by atoms with E-state index in [2.05, 4.69) is 26.1 Å². The number of hydrogen-bond acceptors (Lipinski definition) is 6. The van der Waals surface area contributed by atoms with Crippen LogP contribution in [0.4, 0.5) is 4.79 Å². The van der Waals surface area contributed by atoms with Gasteiger partial charge in [-0.25, -0.2) is 9.59 Å². The third-order valence-corrected chi connectivity index (χ3v) is 5.07. The maximum atomic E-state index is 12.9. The van der Waals surface area contributed by atoms with E-state index in [9.17, 15) is 19.2 Å². The molecule has 0 unspecified atom stereocenters. The number of amides is 3. The van der Waals surface area contributed by atoms with E-state index in [0.29, 0.717) is 19.3 Å². The summed E-state index contributed by atoms with van der Waals surface area (Å²) in [4.78, 5) is 49.5. The first-order valence-electron chi connectivity index (χ1n) is 8.62. The molecular weight excluding hydrogens is 328 g/mol. The number of nitrogens with one attached hydrogen (secondary N) is 1. The molecule has 0 aromatic heterocycles. The summed E-state index contributed by atoms with van der Waals surface area (Å²) in [7, 11) is 0. The molecule has 0 aromatic rings. The lowest BCUT2D eigenvalue weighted by Gasteiger charge is -2.43. The summed E-state index contributed by atoms with van der Waals surface area (Å²) >= 11 is 0. The Morgan fingerprint density at radius 2 is 2.04 bits per heavy atom. The van der Waals surface area contributed by atoms with Crippen LogP contribution in [-0.4, -0.2) is 53.6 Å². The zero-order valence-electron chi connectivity index (χ0n) is 14.8. The van der Waals surface area contributed by atoms with Crippen LogP contribution in [0.1, 0.15) is 46.5 Å². The van der Waals surface area contributed by atoms with Crippen molar-refractivity contribution in [3.05, 3.63) is 0 Å². The Morgan fingerprint density at radius 1 is 1.32 bits per heavy atom. The second-order valence-electron chi connectivity index (χ2n) is 8.19. The molecule has 2 heterocycles. The molecule has 1 spiro atoms.